The van der Waals surface area contributed by atoms with Crippen molar-refractivity contribution in [3.63, 3.8) is 0 Å². The van der Waals surface area contributed by atoms with Crippen LogP contribution in [0.15, 0.2) is 46.9 Å². The third-order valence-corrected chi connectivity index (χ3v) is 4.14. The molecule has 4 heteroatoms. The van der Waals surface area contributed by atoms with Gasteiger partial charge in [0.1, 0.15) is 0 Å². The number of carbonyl (C=O) groups is 1. The zero-order valence-electron chi connectivity index (χ0n) is 10.4. The summed E-state index contributed by atoms with van der Waals surface area (Å²) in [7, 11) is 0. The van der Waals surface area contributed by atoms with Crippen molar-refractivity contribution in [2.24, 2.45) is 0 Å². The van der Waals surface area contributed by atoms with Crippen LogP contribution in [0.1, 0.15) is 21.5 Å². The fourth-order valence-electron chi connectivity index (χ4n) is 1.77. The van der Waals surface area contributed by atoms with Crippen LogP contribution in [0.2, 0.25) is 0 Å². The summed E-state index contributed by atoms with van der Waals surface area (Å²) in [5.41, 5.74) is 3.00. The van der Waals surface area contributed by atoms with Crippen LogP contribution < -0.4 is 5.32 Å². The maximum Gasteiger partial charge on any atom is 0.252 e. The van der Waals surface area contributed by atoms with Crippen LogP contribution in [0.25, 0.3) is 0 Å². The predicted octanol–water partition coefficient (Wildman–Crippen LogP) is 4.29. The number of halogens is 2. The van der Waals surface area contributed by atoms with Crippen molar-refractivity contribution in [1.82, 2.24) is 5.32 Å². The van der Waals surface area contributed by atoms with Gasteiger partial charge in [-0.15, -0.1) is 0 Å². The molecule has 2 nitrogen and oxygen atoms in total. The number of nitrogens with one attached hydrogen (secondary N) is 1. The molecule has 2 aromatic rings. The van der Waals surface area contributed by atoms with E-state index >= 15 is 0 Å². The molecule has 0 radical (unpaired) electrons. The lowest BCUT2D eigenvalue weighted by Crippen LogP contribution is -2.23. The van der Waals surface area contributed by atoms with E-state index in [1.807, 2.05) is 43.3 Å². The molecule has 0 aromatic heterocycles. The smallest absolute Gasteiger partial charge is 0.252 e. The van der Waals surface area contributed by atoms with E-state index in [9.17, 15) is 4.79 Å². The summed E-state index contributed by atoms with van der Waals surface area (Å²) in [5, 5.41) is 2.95. The standard InChI is InChI=1S/C15H13BrINO/c1-10-3-2-4-11(7-10)9-18-15(19)13-8-12(16)5-6-14(13)17/h2-8H,9H2,1H3,(H,18,19). The average molecular weight is 430 g/mol. The van der Waals surface area contributed by atoms with Crippen LogP contribution in [0.3, 0.4) is 0 Å². The van der Waals surface area contributed by atoms with Gasteiger partial charge in [0.15, 0.2) is 0 Å². The summed E-state index contributed by atoms with van der Waals surface area (Å²) in [6, 6.07) is 13.8. The molecule has 1 N–H and O–H groups in total. The van der Waals surface area contributed by atoms with Gasteiger partial charge in [0.25, 0.3) is 5.91 Å². The molecule has 0 saturated carbocycles. The Morgan fingerprint density at radius 3 is 2.79 bits per heavy atom. The summed E-state index contributed by atoms with van der Waals surface area (Å²) < 4.78 is 1.86. The topological polar surface area (TPSA) is 29.1 Å². The van der Waals surface area contributed by atoms with Crippen LogP contribution in [0.5, 0.6) is 0 Å². The Labute approximate surface area is 134 Å². The fraction of sp³-hybridized carbons (Fsp3) is 0.133. The normalized spacial score (nSPS) is 10.3. The second-order valence-electron chi connectivity index (χ2n) is 4.30. The van der Waals surface area contributed by atoms with Gasteiger partial charge in [0, 0.05) is 14.6 Å². The maximum atomic E-state index is 12.1. The van der Waals surface area contributed by atoms with Gasteiger partial charge >= 0.3 is 0 Å². The SMILES string of the molecule is Cc1cccc(CNC(=O)c2cc(Br)ccc2I)c1. The van der Waals surface area contributed by atoms with E-state index in [0.717, 1.165) is 13.6 Å². The van der Waals surface area contributed by atoms with Gasteiger partial charge in [-0.05, 0) is 53.3 Å². The minimum atomic E-state index is -0.0489. The van der Waals surface area contributed by atoms with E-state index in [0.29, 0.717) is 12.1 Å². The Morgan fingerprint density at radius 2 is 2.05 bits per heavy atom. The number of benzene rings is 2. The minimum Gasteiger partial charge on any atom is -0.348 e. The van der Waals surface area contributed by atoms with Crippen molar-refractivity contribution in [3.8, 4) is 0 Å². The zero-order chi connectivity index (χ0) is 13.8. The lowest BCUT2D eigenvalue weighted by Gasteiger charge is -2.08. The Bertz CT molecular complexity index is 613. The summed E-state index contributed by atoms with van der Waals surface area (Å²) in [6.45, 7) is 2.59. The highest BCUT2D eigenvalue weighted by Crippen LogP contribution is 2.18. The summed E-state index contributed by atoms with van der Waals surface area (Å²) >= 11 is 5.56. The molecule has 2 aromatic carbocycles. The molecule has 0 bridgehead atoms. The zero-order valence-corrected chi connectivity index (χ0v) is 14.2. The van der Waals surface area contributed by atoms with E-state index in [1.165, 1.54) is 5.56 Å². The van der Waals surface area contributed by atoms with Crippen LogP contribution in [0.4, 0.5) is 0 Å². The highest BCUT2D eigenvalue weighted by molar-refractivity contribution is 14.1. The molecule has 0 fully saturated rings. The van der Waals surface area contributed by atoms with Gasteiger partial charge in [-0.2, -0.15) is 0 Å². The van der Waals surface area contributed by atoms with Gasteiger partial charge in [-0.1, -0.05) is 45.8 Å². The monoisotopic (exact) mass is 429 g/mol. The molecule has 19 heavy (non-hydrogen) atoms. The van der Waals surface area contributed by atoms with Crippen LogP contribution in [-0.4, -0.2) is 5.91 Å². The molecule has 1 amide bonds. The van der Waals surface area contributed by atoms with Gasteiger partial charge in [0.05, 0.1) is 5.56 Å². The van der Waals surface area contributed by atoms with Crippen LogP contribution in [-0.2, 0) is 6.54 Å². The molecule has 98 valence electrons. The first-order valence-corrected chi connectivity index (χ1v) is 7.72. The highest BCUT2D eigenvalue weighted by Gasteiger charge is 2.10. The number of hydrogen-bond donors (Lipinski definition) is 1. The van der Waals surface area contributed by atoms with Crippen molar-refractivity contribution in [2.45, 2.75) is 13.5 Å². The van der Waals surface area contributed by atoms with Crippen molar-refractivity contribution in [1.29, 1.82) is 0 Å². The quantitative estimate of drug-likeness (QED) is 0.724. The molecular weight excluding hydrogens is 417 g/mol. The number of aryl methyl sites for hydroxylation is 1. The minimum absolute atomic E-state index is 0.0489. The summed E-state index contributed by atoms with van der Waals surface area (Å²) in [6.07, 6.45) is 0. The maximum absolute atomic E-state index is 12.1. The van der Waals surface area contributed by atoms with E-state index in [4.69, 9.17) is 0 Å². The van der Waals surface area contributed by atoms with Gasteiger partial charge in [-0.3, -0.25) is 4.79 Å². The molecule has 0 aliphatic rings. The van der Waals surface area contributed by atoms with E-state index in [-0.39, 0.29) is 5.91 Å². The highest BCUT2D eigenvalue weighted by atomic mass is 127. The molecular formula is C15H13BrINO. The number of rotatable bonds is 3. The van der Waals surface area contributed by atoms with Gasteiger partial charge < -0.3 is 5.32 Å². The number of hydrogen-bond acceptors (Lipinski definition) is 1. The largest absolute Gasteiger partial charge is 0.348 e. The molecule has 0 atom stereocenters. The fourth-order valence-corrected chi connectivity index (χ4v) is 2.71. The summed E-state index contributed by atoms with van der Waals surface area (Å²) in [4.78, 5) is 12.1. The Kier molecular flexibility index (Phi) is 4.99. The Morgan fingerprint density at radius 1 is 1.26 bits per heavy atom. The molecule has 0 saturated heterocycles. The van der Waals surface area contributed by atoms with Crippen molar-refractivity contribution >= 4 is 44.4 Å². The van der Waals surface area contributed by atoms with Gasteiger partial charge in [0.2, 0.25) is 0 Å². The number of carbonyl (C=O) groups excluding carboxylic acids is 1. The van der Waals surface area contributed by atoms with E-state index in [2.05, 4.69) is 49.9 Å². The predicted molar refractivity (Wildman–Crippen MR) is 89.2 cm³/mol. The second-order valence-corrected chi connectivity index (χ2v) is 6.37. The lowest BCUT2D eigenvalue weighted by atomic mass is 10.1. The molecule has 0 aliphatic carbocycles. The number of amides is 1. The van der Waals surface area contributed by atoms with E-state index < -0.39 is 0 Å². The Balaban J connectivity index is 2.07. The molecule has 0 heterocycles. The van der Waals surface area contributed by atoms with E-state index in [1.54, 1.807) is 0 Å². The van der Waals surface area contributed by atoms with Crippen LogP contribution >= 0.6 is 38.5 Å². The van der Waals surface area contributed by atoms with Crippen molar-refractivity contribution in [3.05, 3.63) is 67.2 Å². The molecule has 0 spiro atoms. The van der Waals surface area contributed by atoms with Gasteiger partial charge in [-0.25, -0.2) is 0 Å². The third kappa shape index (κ3) is 4.04. The first-order valence-electron chi connectivity index (χ1n) is 5.85. The first-order chi connectivity index (χ1) is 9.06. The van der Waals surface area contributed by atoms with Crippen molar-refractivity contribution in [2.75, 3.05) is 0 Å². The molecule has 0 unspecified atom stereocenters. The van der Waals surface area contributed by atoms with Crippen molar-refractivity contribution < 1.29 is 4.79 Å². The lowest BCUT2D eigenvalue weighted by molar-refractivity contribution is 0.0950. The van der Waals surface area contributed by atoms with Crippen LogP contribution in [0, 0.1) is 10.5 Å². The third-order valence-electron chi connectivity index (χ3n) is 2.71. The molecule has 2 rings (SSSR count). The average Bonchev–Trinajstić information content (AvgIpc) is 2.39. The Hall–Kier alpha value is -0.880. The summed E-state index contributed by atoms with van der Waals surface area (Å²) in [5.74, 6) is -0.0489. The second kappa shape index (κ2) is 6.52. The molecule has 0 aliphatic heterocycles. The first kappa shape index (κ1) is 14.5.